The lowest BCUT2D eigenvalue weighted by Gasteiger charge is -2.14. The molecule has 3 aromatic rings. The van der Waals surface area contributed by atoms with E-state index in [1.807, 2.05) is 13.8 Å². The molecule has 1 aliphatic heterocycles. The van der Waals surface area contributed by atoms with Crippen molar-refractivity contribution in [3.8, 4) is 0 Å². The van der Waals surface area contributed by atoms with Gasteiger partial charge in [0.25, 0.3) is 11.5 Å². The van der Waals surface area contributed by atoms with Crippen LogP contribution in [0.25, 0.3) is 10.9 Å². The van der Waals surface area contributed by atoms with Crippen LogP contribution < -0.4 is 21.5 Å². The molecule has 0 saturated heterocycles. The summed E-state index contributed by atoms with van der Waals surface area (Å²) in [6.07, 6.45) is 1.68. The summed E-state index contributed by atoms with van der Waals surface area (Å²) in [6, 6.07) is 10.9. The molecule has 0 spiro atoms. The number of rotatable bonds is 6. The zero-order valence-corrected chi connectivity index (χ0v) is 18.4. The monoisotopic (exact) mass is 447 g/mol. The fourth-order valence-corrected chi connectivity index (χ4v) is 3.77. The van der Waals surface area contributed by atoms with Crippen molar-refractivity contribution in [3.05, 3.63) is 64.7 Å². The lowest BCUT2D eigenvalue weighted by molar-refractivity contribution is -0.118. The molecule has 1 aromatic heterocycles. The minimum absolute atomic E-state index is 0.0113. The van der Waals surface area contributed by atoms with E-state index in [1.165, 1.54) is 6.33 Å². The molecule has 1 atom stereocenters. The zero-order chi connectivity index (χ0) is 23.5. The minimum Gasteiger partial charge on any atom is -0.340 e. The van der Waals surface area contributed by atoms with Gasteiger partial charge in [-0.3, -0.25) is 23.7 Å². The van der Waals surface area contributed by atoms with E-state index in [0.29, 0.717) is 40.3 Å². The first-order valence-electron chi connectivity index (χ1n) is 10.8. The Morgan fingerprint density at radius 3 is 2.73 bits per heavy atom. The highest BCUT2D eigenvalue weighted by atomic mass is 16.2. The van der Waals surface area contributed by atoms with Crippen LogP contribution in [-0.2, 0) is 16.1 Å². The molecule has 2 heterocycles. The normalized spacial score (nSPS) is 15.5. The SMILES string of the molecule is CC(C)Cn1cnc2ccc(NC(=O)CCC3NC(=O)c4ccccc4NC3=O)cc2c1=O. The van der Waals surface area contributed by atoms with Crippen molar-refractivity contribution in [2.24, 2.45) is 5.92 Å². The van der Waals surface area contributed by atoms with Gasteiger partial charge >= 0.3 is 0 Å². The number of fused-ring (bicyclic) bond motifs is 2. The predicted molar refractivity (Wildman–Crippen MR) is 125 cm³/mol. The molecule has 9 heteroatoms. The molecule has 33 heavy (non-hydrogen) atoms. The van der Waals surface area contributed by atoms with E-state index in [1.54, 1.807) is 47.0 Å². The van der Waals surface area contributed by atoms with Crippen molar-refractivity contribution in [2.45, 2.75) is 39.3 Å². The van der Waals surface area contributed by atoms with Crippen LogP contribution in [0.1, 0.15) is 37.0 Å². The molecule has 9 nitrogen and oxygen atoms in total. The summed E-state index contributed by atoms with van der Waals surface area (Å²) in [6.45, 7) is 4.59. The number of para-hydroxylation sites is 1. The van der Waals surface area contributed by atoms with E-state index in [4.69, 9.17) is 0 Å². The van der Waals surface area contributed by atoms with Gasteiger partial charge in [0.15, 0.2) is 0 Å². The molecule has 1 aliphatic rings. The second-order valence-electron chi connectivity index (χ2n) is 8.48. The maximum Gasteiger partial charge on any atom is 0.261 e. The molecule has 0 radical (unpaired) electrons. The van der Waals surface area contributed by atoms with Gasteiger partial charge in [0.1, 0.15) is 6.04 Å². The number of nitrogens with one attached hydrogen (secondary N) is 3. The second-order valence-corrected chi connectivity index (χ2v) is 8.48. The molecular formula is C24H25N5O4. The van der Waals surface area contributed by atoms with Gasteiger partial charge in [-0.2, -0.15) is 0 Å². The quantitative estimate of drug-likeness (QED) is 0.536. The van der Waals surface area contributed by atoms with Crippen molar-refractivity contribution >= 4 is 40.0 Å². The Morgan fingerprint density at radius 2 is 1.94 bits per heavy atom. The Labute approximate surface area is 190 Å². The van der Waals surface area contributed by atoms with E-state index in [9.17, 15) is 19.2 Å². The Bertz CT molecular complexity index is 1300. The van der Waals surface area contributed by atoms with E-state index in [2.05, 4.69) is 20.9 Å². The first-order chi connectivity index (χ1) is 15.8. The van der Waals surface area contributed by atoms with Crippen LogP contribution in [0.3, 0.4) is 0 Å². The summed E-state index contributed by atoms with van der Waals surface area (Å²) in [5.74, 6) is -0.776. The van der Waals surface area contributed by atoms with Gasteiger partial charge in [-0.05, 0) is 42.7 Å². The average molecular weight is 447 g/mol. The van der Waals surface area contributed by atoms with Crippen molar-refractivity contribution in [1.29, 1.82) is 0 Å². The Kier molecular flexibility index (Phi) is 6.21. The molecule has 170 valence electrons. The summed E-state index contributed by atoms with van der Waals surface area (Å²) in [5, 5.41) is 8.58. The topological polar surface area (TPSA) is 122 Å². The third-order valence-corrected chi connectivity index (χ3v) is 5.38. The highest BCUT2D eigenvalue weighted by molar-refractivity contribution is 6.10. The van der Waals surface area contributed by atoms with Crippen molar-refractivity contribution in [3.63, 3.8) is 0 Å². The first kappa shape index (κ1) is 22.2. The number of carbonyl (C=O) groups is 3. The van der Waals surface area contributed by atoms with E-state index in [0.717, 1.165) is 0 Å². The third-order valence-electron chi connectivity index (χ3n) is 5.38. The summed E-state index contributed by atoms with van der Waals surface area (Å²) < 4.78 is 1.56. The Hall–Kier alpha value is -4.01. The van der Waals surface area contributed by atoms with Gasteiger partial charge in [0.2, 0.25) is 11.8 Å². The number of hydrogen-bond donors (Lipinski definition) is 3. The minimum atomic E-state index is -0.834. The molecule has 4 rings (SSSR count). The van der Waals surface area contributed by atoms with Crippen molar-refractivity contribution in [1.82, 2.24) is 14.9 Å². The van der Waals surface area contributed by atoms with Crippen LogP contribution in [0, 0.1) is 5.92 Å². The van der Waals surface area contributed by atoms with Crippen LogP contribution in [0.5, 0.6) is 0 Å². The number of benzene rings is 2. The average Bonchev–Trinajstić information content (AvgIpc) is 2.90. The van der Waals surface area contributed by atoms with Gasteiger partial charge in [-0.25, -0.2) is 4.98 Å². The van der Waals surface area contributed by atoms with Crippen LogP contribution in [0.15, 0.2) is 53.6 Å². The fraction of sp³-hybridized carbons (Fsp3) is 0.292. The zero-order valence-electron chi connectivity index (χ0n) is 18.4. The van der Waals surface area contributed by atoms with Crippen LogP contribution >= 0.6 is 0 Å². The largest absolute Gasteiger partial charge is 0.340 e. The molecule has 0 aliphatic carbocycles. The molecule has 2 aromatic carbocycles. The highest BCUT2D eigenvalue weighted by Gasteiger charge is 2.27. The van der Waals surface area contributed by atoms with Crippen LogP contribution in [0.2, 0.25) is 0 Å². The van der Waals surface area contributed by atoms with Crippen molar-refractivity contribution < 1.29 is 14.4 Å². The molecule has 1 unspecified atom stereocenters. The third kappa shape index (κ3) is 4.92. The lowest BCUT2D eigenvalue weighted by atomic mass is 10.1. The van der Waals surface area contributed by atoms with Gasteiger partial charge in [-0.1, -0.05) is 26.0 Å². The molecule has 0 fully saturated rings. The molecule has 0 saturated carbocycles. The van der Waals surface area contributed by atoms with E-state index >= 15 is 0 Å². The number of amides is 3. The summed E-state index contributed by atoms with van der Waals surface area (Å²) in [7, 11) is 0. The standard InChI is InChI=1S/C24H25N5O4/c1-14(2)12-29-13-25-18-8-7-15(11-17(18)24(29)33)26-21(30)10-9-20-23(32)27-19-6-4-3-5-16(19)22(31)28-20/h3-8,11,13-14,20H,9-10,12H2,1-2H3,(H,26,30)(H,27,32)(H,28,31). The number of carbonyl (C=O) groups excluding carboxylic acids is 3. The second kappa shape index (κ2) is 9.23. The van der Waals surface area contributed by atoms with Gasteiger partial charge in [0, 0.05) is 18.7 Å². The van der Waals surface area contributed by atoms with Crippen LogP contribution in [0.4, 0.5) is 11.4 Å². The maximum atomic E-state index is 12.8. The summed E-state index contributed by atoms with van der Waals surface area (Å²) in [5.41, 5.74) is 1.68. The number of hydrogen-bond acceptors (Lipinski definition) is 5. The lowest BCUT2D eigenvalue weighted by Crippen LogP contribution is -2.41. The van der Waals surface area contributed by atoms with E-state index in [-0.39, 0.29) is 36.1 Å². The molecule has 3 N–H and O–H groups in total. The highest BCUT2D eigenvalue weighted by Crippen LogP contribution is 2.20. The number of anilines is 2. The number of aromatic nitrogens is 2. The Balaban J connectivity index is 1.42. The first-order valence-corrected chi connectivity index (χ1v) is 10.8. The van der Waals surface area contributed by atoms with Gasteiger partial charge in [-0.15, -0.1) is 0 Å². The van der Waals surface area contributed by atoms with Crippen LogP contribution in [-0.4, -0.2) is 33.3 Å². The number of nitrogens with zero attached hydrogens (tertiary/aromatic N) is 2. The van der Waals surface area contributed by atoms with E-state index < -0.39 is 6.04 Å². The molecule has 0 bridgehead atoms. The molecule has 3 amide bonds. The Morgan fingerprint density at radius 1 is 1.15 bits per heavy atom. The summed E-state index contributed by atoms with van der Waals surface area (Å²) in [4.78, 5) is 54.5. The van der Waals surface area contributed by atoms with Gasteiger partial charge < -0.3 is 16.0 Å². The van der Waals surface area contributed by atoms with Crippen molar-refractivity contribution in [2.75, 3.05) is 10.6 Å². The summed E-state index contributed by atoms with van der Waals surface area (Å²) >= 11 is 0. The maximum absolute atomic E-state index is 12.8. The predicted octanol–water partition coefficient (Wildman–Crippen LogP) is 2.52. The fourth-order valence-electron chi connectivity index (χ4n) is 3.77. The molecular weight excluding hydrogens is 422 g/mol. The smallest absolute Gasteiger partial charge is 0.261 e. The van der Waals surface area contributed by atoms with Gasteiger partial charge in [0.05, 0.1) is 28.5 Å².